The third-order valence-corrected chi connectivity index (χ3v) is 3.82. The molecule has 0 bridgehead atoms. The van der Waals surface area contributed by atoms with E-state index in [0.29, 0.717) is 12.5 Å². The van der Waals surface area contributed by atoms with Crippen LogP contribution in [0.25, 0.3) is 0 Å². The summed E-state index contributed by atoms with van der Waals surface area (Å²) in [6.07, 6.45) is 5.18. The number of aliphatic hydroxyl groups is 1. The molecule has 0 radical (unpaired) electrons. The molecule has 2 aliphatic carbocycles. The first kappa shape index (κ1) is 7.88. The van der Waals surface area contributed by atoms with Crippen LogP contribution in [0.4, 0.5) is 0 Å². The summed E-state index contributed by atoms with van der Waals surface area (Å²) in [7, 11) is 0. The summed E-state index contributed by atoms with van der Waals surface area (Å²) in [5.41, 5.74) is 0.127. The average molecular weight is 175 g/mol. The van der Waals surface area contributed by atoms with Gasteiger partial charge in [-0.2, -0.15) is 0 Å². The van der Waals surface area contributed by atoms with Gasteiger partial charge in [0.15, 0.2) is 0 Å². The highest BCUT2D eigenvalue weighted by Crippen LogP contribution is 2.58. The minimum absolute atomic E-state index is 0.127. The van der Waals surface area contributed by atoms with E-state index in [-0.39, 0.29) is 5.41 Å². The van der Waals surface area contributed by atoms with Crippen molar-refractivity contribution in [3.05, 3.63) is 0 Å². The van der Waals surface area contributed by atoms with Crippen LogP contribution in [-0.4, -0.2) is 17.6 Å². The summed E-state index contributed by atoms with van der Waals surface area (Å²) in [5.74, 6) is 2.16. The number of alkyl halides is 1. The van der Waals surface area contributed by atoms with Gasteiger partial charge in [-0.15, -0.1) is 11.6 Å². The Morgan fingerprint density at radius 1 is 1.18 bits per heavy atom. The van der Waals surface area contributed by atoms with Crippen LogP contribution in [0.2, 0.25) is 0 Å². The lowest BCUT2D eigenvalue weighted by molar-refractivity contribution is 0.100. The Bertz CT molecular complexity index is 132. The van der Waals surface area contributed by atoms with E-state index in [9.17, 15) is 5.11 Å². The Kier molecular flexibility index (Phi) is 1.89. The molecule has 0 aromatic rings. The summed E-state index contributed by atoms with van der Waals surface area (Å²) >= 11 is 5.93. The van der Waals surface area contributed by atoms with Gasteiger partial charge in [0.1, 0.15) is 0 Å². The van der Waals surface area contributed by atoms with Crippen LogP contribution in [0.15, 0.2) is 0 Å². The Morgan fingerprint density at radius 3 is 1.82 bits per heavy atom. The van der Waals surface area contributed by atoms with Gasteiger partial charge in [0.05, 0.1) is 6.61 Å². The monoisotopic (exact) mass is 174 g/mol. The molecule has 2 heteroatoms. The van der Waals surface area contributed by atoms with Gasteiger partial charge in [-0.3, -0.25) is 0 Å². The number of halogens is 1. The van der Waals surface area contributed by atoms with E-state index in [1.165, 1.54) is 25.7 Å². The number of hydrogen-bond donors (Lipinski definition) is 1. The SMILES string of the molecule is OCC(CCl)(C1CC1)C1CC1. The second-order valence-corrected chi connectivity index (χ2v) is 4.34. The minimum atomic E-state index is 0.127. The second-order valence-electron chi connectivity index (χ2n) is 4.07. The molecule has 1 N–H and O–H groups in total. The lowest BCUT2D eigenvalue weighted by Crippen LogP contribution is -2.32. The Hall–Kier alpha value is 0.250. The fourth-order valence-corrected chi connectivity index (χ4v) is 2.69. The van der Waals surface area contributed by atoms with E-state index >= 15 is 0 Å². The van der Waals surface area contributed by atoms with E-state index in [1.54, 1.807) is 0 Å². The third kappa shape index (κ3) is 1.19. The van der Waals surface area contributed by atoms with Crippen LogP contribution < -0.4 is 0 Å². The molecule has 0 aliphatic heterocycles. The summed E-state index contributed by atoms with van der Waals surface area (Å²) in [4.78, 5) is 0. The minimum Gasteiger partial charge on any atom is -0.396 e. The first-order chi connectivity index (χ1) is 5.33. The zero-order chi connectivity index (χ0) is 7.90. The lowest BCUT2D eigenvalue weighted by Gasteiger charge is -2.29. The van der Waals surface area contributed by atoms with E-state index in [1.807, 2.05) is 0 Å². The maximum absolute atomic E-state index is 9.31. The lowest BCUT2D eigenvalue weighted by atomic mass is 9.80. The number of hydrogen-bond acceptors (Lipinski definition) is 1. The predicted molar refractivity (Wildman–Crippen MR) is 45.7 cm³/mol. The van der Waals surface area contributed by atoms with Gasteiger partial charge in [0.25, 0.3) is 0 Å². The largest absolute Gasteiger partial charge is 0.396 e. The molecule has 0 heterocycles. The van der Waals surface area contributed by atoms with Gasteiger partial charge >= 0.3 is 0 Å². The second kappa shape index (κ2) is 2.63. The van der Waals surface area contributed by atoms with Gasteiger partial charge in [-0.1, -0.05) is 0 Å². The zero-order valence-electron chi connectivity index (χ0n) is 6.72. The molecule has 0 aromatic carbocycles. The molecule has 1 nitrogen and oxygen atoms in total. The molecular formula is C9H15ClO. The molecule has 0 spiro atoms. The van der Waals surface area contributed by atoms with Gasteiger partial charge in [-0.05, 0) is 37.5 Å². The highest BCUT2D eigenvalue weighted by molar-refractivity contribution is 6.18. The summed E-state index contributed by atoms with van der Waals surface area (Å²) in [6, 6.07) is 0. The maximum Gasteiger partial charge on any atom is 0.0504 e. The van der Waals surface area contributed by atoms with E-state index in [0.717, 1.165) is 11.8 Å². The third-order valence-electron chi connectivity index (χ3n) is 3.32. The number of aliphatic hydroxyl groups excluding tert-OH is 1. The standard InChI is InChI=1S/C9H15ClO/c10-5-9(6-11,7-1-2-7)8-3-4-8/h7-8,11H,1-6H2. The van der Waals surface area contributed by atoms with E-state index < -0.39 is 0 Å². The highest BCUT2D eigenvalue weighted by Gasteiger charge is 2.53. The van der Waals surface area contributed by atoms with Crippen molar-refractivity contribution in [3.63, 3.8) is 0 Å². The van der Waals surface area contributed by atoms with Crippen molar-refractivity contribution < 1.29 is 5.11 Å². The van der Waals surface area contributed by atoms with Gasteiger partial charge in [0, 0.05) is 11.3 Å². The van der Waals surface area contributed by atoms with Crippen LogP contribution in [0.5, 0.6) is 0 Å². The molecule has 0 amide bonds. The molecule has 64 valence electrons. The van der Waals surface area contributed by atoms with E-state index in [2.05, 4.69) is 0 Å². The summed E-state index contributed by atoms with van der Waals surface area (Å²) in [5, 5.41) is 9.31. The Labute approximate surface area is 72.7 Å². The molecule has 11 heavy (non-hydrogen) atoms. The van der Waals surface area contributed by atoms with Gasteiger partial charge in [0.2, 0.25) is 0 Å². The van der Waals surface area contributed by atoms with Crippen LogP contribution in [0, 0.1) is 17.3 Å². The summed E-state index contributed by atoms with van der Waals surface area (Å²) in [6.45, 7) is 0.311. The molecule has 0 aromatic heterocycles. The Balaban J connectivity index is 2.07. The molecular weight excluding hydrogens is 160 g/mol. The fraction of sp³-hybridized carbons (Fsp3) is 1.00. The topological polar surface area (TPSA) is 20.2 Å². The van der Waals surface area contributed by atoms with Crippen molar-refractivity contribution in [2.75, 3.05) is 12.5 Å². The van der Waals surface area contributed by atoms with Crippen LogP contribution in [-0.2, 0) is 0 Å². The molecule has 2 rings (SSSR count). The van der Waals surface area contributed by atoms with Crippen LogP contribution >= 0.6 is 11.6 Å². The van der Waals surface area contributed by atoms with Gasteiger partial charge in [-0.25, -0.2) is 0 Å². The summed E-state index contributed by atoms with van der Waals surface area (Å²) < 4.78 is 0. The van der Waals surface area contributed by atoms with E-state index in [4.69, 9.17) is 11.6 Å². The van der Waals surface area contributed by atoms with Crippen molar-refractivity contribution in [3.8, 4) is 0 Å². The Morgan fingerprint density at radius 2 is 1.64 bits per heavy atom. The fourth-order valence-electron chi connectivity index (χ4n) is 2.17. The van der Waals surface area contributed by atoms with Crippen molar-refractivity contribution in [1.82, 2.24) is 0 Å². The molecule has 0 unspecified atom stereocenters. The van der Waals surface area contributed by atoms with Crippen molar-refractivity contribution >= 4 is 11.6 Å². The first-order valence-corrected chi connectivity index (χ1v) is 5.04. The number of rotatable bonds is 4. The average Bonchev–Trinajstić information content (AvgIpc) is 2.87. The zero-order valence-corrected chi connectivity index (χ0v) is 7.48. The normalized spacial score (nSPS) is 25.6. The molecule has 2 aliphatic rings. The van der Waals surface area contributed by atoms with Crippen molar-refractivity contribution in [1.29, 1.82) is 0 Å². The maximum atomic E-state index is 9.31. The quantitative estimate of drug-likeness (QED) is 0.647. The van der Waals surface area contributed by atoms with Crippen molar-refractivity contribution in [2.45, 2.75) is 25.7 Å². The first-order valence-electron chi connectivity index (χ1n) is 4.50. The molecule has 2 fully saturated rings. The highest BCUT2D eigenvalue weighted by atomic mass is 35.5. The molecule has 2 saturated carbocycles. The molecule has 0 atom stereocenters. The van der Waals surface area contributed by atoms with Crippen molar-refractivity contribution in [2.24, 2.45) is 17.3 Å². The molecule has 0 saturated heterocycles. The smallest absolute Gasteiger partial charge is 0.0504 e. The van der Waals surface area contributed by atoms with Crippen LogP contribution in [0.1, 0.15) is 25.7 Å². The van der Waals surface area contributed by atoms with Crippen LogP contribution in [0.3, 0.4) is 0 Å². The predicted octanol–water partition coefficient (Wildman–Crippen LogP) is 2.02. The van der Waals surface area contributed by atoms with Gasteiger partial charge < -0.3 is 5.11 Å².